The van der Waals surface area contributed by atoms with E-state index in [1.165, 1.54) is 0 Å². The van der Waals surface area contributed by atoms with Gasteiger partial charge in [-0.2, -0.15) is 0 Å². The average molecular weight is 238 g/mol. The van der Waals surface area contributed by atoms with Crippen LogP contribution in [0.15, 0.2) is 30.3 Å². The van der Waals surface area contributed by atoms with Gasteiger partial charge in [-0.3, -0.25) is 0 Å². The molecule has 2 aromatic rings. The van der Waals surface area contributed by atoms with E-state index in [1.54, 1.807) is 11.8 Å². The maximum absolute atomic E-state index is 5.80. The average Bonchev–Trinajstić information content (AvgIpc) is 2.74. The van der Waals surface area contributed by atoms with Crippen molar-refractivity contribution in [3.63, 3.8) is 0 Å². The molecule has 2 rings (SSSR count). The molecule has 0 aliphatic rings. The Labute approximate surface area is 98.8 Å². The van der Waals surface area contributed by atoms with Crippen molar-refractivity contribution in [2.45, 2.75) is 12.5 Å². The third-order valence-corrected chi connectivity index (χ3v) is 2.51. The summed E-state index contributed by atoms with van der Waals surface area (Å²) < 4.78 is 6.88. The molecule has 0 aliphatic heterocycles. The summed E-state index contributed by atoms with van der Waals surface area (Å²) in [5.41, 5.74) is 2.61. The zero-order valence-corrected chi connectivity index (χ0v) is 9.68. The largest absolute Gasteiger partial charge is 0.378 e. The Bertz CT molecular complexity index is 456. The molecule has 0 saturated heterocycles. The Morgan fingerprint density at radius 3 is 2.69 bits per heavy atom. The topological polar surface area (TPSA) is 39.9 Å². The quantitative estimate of drug-likeness (QED) is 0.765. The SMILES string of the molecule is COCc1c(CCl)nnn1-c1ccccc1. The number of ether oxygens (including phenoxy) is 1. The zero-order valence-electron chi connectivity index (χ0n) is 8.93. The molecule has 0 radical (unpaired) electrons. The lowest BCUT2D eigenvalue weighted by molar-refractivity contribution is 0.178. The van der Waals surface area contributed by atoms with Gasteiger partial charge in [0.25, 0.3) is 0 Å². The van der Waals surface area contributed by atoms with E-state index in [-0.39, 0.29) is 0 Å². The van der Waals surface area contributed by atoms with E-state index < -0.39 is 0 Å². The van der Waals surface area contributed by atoms with Crippen LogP contribution in [0.5, 0.6) is 0 Å². The van der Waals surface area contributed by atoms with Gasteiger partial charge in [-0.15, -0.1) is 16.7 Å². The first kappa shape index (κ1) is 11.1. The number of rotatable bonds is 4. The summed E-state index contributed by atoms with van der Waals surface area (Å²) in [6, 6.07) is 9.79. The molecule has 4 nitrogen and oxygen atoms in total. The standard InChI is InChI=1S/C11H12ClN3O/c1-16-8-11-10(7-12)13-14-15(11)9-5-3-2-4-6-9/h2-6H,7-8H2,1H3. The van der Waals surface area contributed by atoms with Gasteiger partial charge >= 0.3 is 0 Å². The first-order chi connectivity index (χ1) is 7.86. The lowest BCUT2D eigenvalue weighted by Crippen LogP contribution is -2.04. The van der Waals surface area contributed by atoms with E-state index in [0.717, 1.165) is 17.1 Å². The minimum Gasteiger partial charge on any atom is -0.378 e. The molecule has 84 valence electrons. The van der Waals surface area contributed by atoms with Crippen molar-refractivity contribution >= 4 is 11.6 Å². The van der Waals surface area contributed by atoms with Gasteiger partial charge in [-0.25, -0.2) is 4.68 Å². The van der Waals surface area contributed by atoms with Crippen LogP contribution in [-0.4, -0.2) is 22.1 Å². The first-order valence-corrected chi connectivity index (χ1v) is 5.44. The Balaban J connectivity index is 2.44. The fraction of sp³-hybridized carbons (Fsp3) is 0.273. The van der Waals surface area contributed by atoms with Gasteiger partial charge < -0.3 is 4.74 Å². The molecule has 0 unspecified atom stereocenters. The summed E-state index contributed by atoms with van der Waals surface area (Å²) in [6.07, 6.45) is 0. The summed E-state index contributed by atoms with van der Waals surface area (Å²) in [6.45, 7) is 0.448. The Morgan fingerprint density at radius 2 is 2.06 bits per heavy atom. The fourth-order valence-corrected chi connectivity index (χ4v) is 1.70. The molecule has 0 N–H and O–H groups in total. The number of benzene rings is 1. The molecular formula is C11H12ClN3O. The number of hydrogen-bond acceptors (Lipinski definition) is 3. The lowest BCUT2D eigenvalue weighted by Gasteiger charge is -2.05. The smallest absolute Gasteiger partial charge is 0.103 e. The molecule has 16 heavy (non-hydrogen) atoms. The van der Waals surface area contributed by atoms with Crippen molar-refractivity contribution in [2.24, 2.45) is 0 Å². The molecule has 0 aliphatic carbocycles. The predicted molar refractivity (Wildman–Crippen MR) is 61.6 cm³/mol. The van der Waals surface area contributed by atoms with Crippen molar-refractivity contribution in [1.29, 1.82) is 0 Å². The third kappa shape index (κ3) is 2.08. The predicted octanol–water partition coefficient (Wildman–Crippen LogP) is 2.15. The van der Waals surface area contributed by atoms with Crippen LogP contribution in [-0.2, 0) is 17.2 Å². The first-order valence-electron chi connectivity index (χ1n) is 4.90. The molecular weight excluding hydrogens is 226 g/mol. The van der Waals surface area contributed by atoms with Crippen LogP contribution in [0.3, 0.4) is 0 Å². The number of aromatic nitrogens is 3. The highest BCUT2D eigenvalue weighted by molar-refractivity contribution is 6.16. The van der Waals surface area contributed by atoms with Crippen molar-refractivity contribution in [3.05, 3.63) is 41.7 Å². The number of para-hydroxylation sites is 1. The van der Waals surface area contributed by atoms with E-state index >= 15 is 0 Å². The molecule has 5 heteroatoms. The molecule has 1 aromatic carbocycles. The van der Waals surface area contributed by atoms with Gasteiger partial charge in [0, 0.05) is 7.11 Å². The third-order valence-electron chi connectivity index (χ3n) is 2.25. The van der Waals surface area contributed by atoms with Crippen molar-refractivity contribution < 1.29 is 4.74 Å². The number of alkyl halides is 1. The normalized spacial score (nSPS) is 10.6. The van der Waals surface area contributed by atoms with Gasteiger partial charge in [0.1, 0.15) is 5.69 Å². The van der Waals surface area contributed by atoms with Crippen LogP contribution in [0, 0.1) is 0 Å². The highest BCUT2D eigenvalue weighted by Crippen LogP contribution is 2.15. The summed E-state index contributed by atoms with van der Waals surface area (Å²) >= 11 is 5.80. The summed E-state index contributed by atoms with van der Waals surface area (Å²) in [7, 11) is 1.64. The molecule has 1 aromatic heterocycles. The molecule has 0 spiro atoms. The van der Waals surface area contributed by atoms with E-state index in [4.69, 9.17) is 16.3 Å². The second kappa shape index (κ2) is 5.09. The van der Waals surface area contributed by atoms with Crippen LogP contribution >= 0.6 is 11.6 Å². The zero-order chi connectivity index (χ0) is 11.4. The highest BCUT2D eigenvalue weighted by Gasteiger charge is 2.12. The molecule has 0 amide bonds. The van der Waals surface area contributed by atoms with Crippen molar-refractivity contribution in [2.75, 3.05) is 7.11 Å². The molecule has 0 fully saturated rings. The van der Waals surface area contributed by atoms with Gasteiger partial charge in [0.05, 0.1) is 23.9 Å². The van der Waals surface area contributed by atoms with Gasteiger partial charge in [-0.1, -0.05) is 23.4 Å². The number of halogens is 1. The number of methoxy groups -OCH3 is 1. The molecule has 0 saturated carbocycles. The van der Waals surface area contributed by atoms with Gasteiger partial charge in [0.2, 0.25) is 0 Å². The highest BCUT2D eigenvalue weighted by atomic mass is 35.5. The number of nitrogens with zero attached hydrogens (tertiary/aromatic N) is 3. The lowest BCUT2D eigenvalue weighted by atomic mass is 10.3. The van der Waals surface area contributed by atoms with Crippen LogP contribution in [0.1, 0.15) is 11.4 Å². The Morgan fingerprint density at radius 1 is 1.31 bits per heavy atom. The number of hydrogen-bond donors (Lipinski definition) is 0. The van der Waals surface area contributed by atoms with Crippen LogP contribution < -0.4 is 0 Å². The minimum absolute atomic E-state index is 0.339. The summed E-state index contributed by atoms with van der Waals surface area (Å²) in [5.74, 6) is 0.339. The van der Waals surface area contributed by atoms with E-state index in [2.05, 4.69) is 10.3 Å². The molecule has 0 atom stereocenters. The maximum atomic E-state index is 5.80. The van der Waals surface area contributed by atoms with E-state index in [1.807, 2.05) is 30.3 Å². The fourth-order valence-electron chi connectivity index (χ4n) is 1.49. The van der Waals surface area contributed by atoms with E-state index in [9.17, 15) is 0 Å². The summed E-state index contributed by atoms with van der Waals surface area (Å²) in [5, 5.41) is 8.11. The Kier molecular flexibility index (Phi) is 3.54. The molecule has 1 heterocycles. The summed E-state index contributed by atoms with van der Waals surface area (Å²) in [4.78, 5) is 0. The van der Waals surface area contributed by atoms with E-state index in [0.29, 0.717) is 12.5 Å². The maximum Gasteiger partial charge on any atom is 0.103 e. The van der Waals surface area contributed by atoms with Gasteiger partial charge in [0.15, 0.2) is 0 Å². The monoisotopic (exact) mass is 237 g/mol. The van der Waals surface area contributed by atoms with Crippen molar-refractivity contribution in [3.8, 4) is 5.69 Å². The van der Waals surface area contributed by atoms with Crippen LogP contribution in [0.2, 0.25) is 0 Å². The van der Waals surface area contributed by atoms with Crippen LogP contribution in [0.25, 0.3) is 5.69 Å². The second-order valence-corrected chi connectivity index (χ2v) is 3.56. The van der Waals surface area contributed by atoms with Gasteiger partial charge in [-0.05, 0) is 12.1 Å². The Hall–Kier alpha value is -1.39. The molecule has 0 bridgehead atoms. The minimum atomic E-state index is 0.339. The van der Waals surface area contributed by atoms with Crippen LogP contribution in [0.4, 0.5) is 0 Å². The second-order valence-electron chi connectivity index (χ2n) is 3.30. The van der Waals surface area contributed by atoms with Crippen molar-refractivity contribution in [1.82, 2.24) is 15.0 Å².